The predicted molar refractivity (Wildman–Crippen MR) is 120 cm³/mol. The highest BCUT2D eigenvalue weighted by Gasteiger charge is 2.32. The molecule has 4 rings (SSSR count). The number of anilines is 1. The van der Waals surface area contributed by atoms with Crippen LogP contribution >= 0.6 is 0 Å². The Bertz CT molecular complexity index is 1240. The van der Waals surface area contributed by atoms with Gasteiger partial charge >= 0.3 is 5.56 Å². The van der Waals surface area contributed by atoms with E-state index in [0.29, 0.717) is 12.8 Å². The molecular weight excluding hydrogens is 492 g/mol. The first-order valence-electron chi connectivity index (χ1n) is 11.4. The quantitative estimate of drug-likeness (QED) is 0.432. The van der Waals surface area contributed by atoms with Gasteiger partial charge in [0.1, 0.15) is 11.4 Å². The van der Waals surface area contributed by atoms with Crippen LogP contribution in [0.5, 0.6) is 5.75 Å². The van der Waals surface area contributed by atoms with E-state index in [1.54, 1.807) is 18.7 Å². The van der Waals surface area contributed by atoms with Crippen LogP contribution in [0.25, 0.3) is 5.69 Å². The van der Waals surface area contributed by atoms with Crippen LogP contribution in [-0.4, -0.2) is 60.0 Å². The fourth-order valence-corrected chi connectivity index (χ4v) is 5.59. The van der Waals surface area contributed by atoms with Gasteiger partial charge in [-0.25, -0.2) is 26.0 Å². The van der Waals surface area contributed by atoms with Crippen LogP contribution in [0.1, 0.15) is 39.5 Å². The van der Waals surface area contributed by atoms with E-state index in [9.17, 15) is 30.8 Å². The summed E-state index contributed by atoms with van der Waals surface area (Å²) in [6.45, 7) is 3.93. The Morgan fingerprint density at radius 2 is 1.57 bits per heavy atom. The Labute approximate surface area is 200 Å². The van der Waals surface area contributed by atoms with Gasteiger partial charge in [-0.15, -0.1) is 0 Å². The number of halogens is 4. The number of ether oxygens (including phenoxy) is 1. The summed E-state index contributed by atoms with van der Waals surface area (Å²) >= 11 is 0. The van der Waals surface area contributed by atoms with Gasteiger partial charge in [0.2, 0.25) is 15.8 Å². The van der Waals surface area contributed by atoms with Gasteiger partial charge in [-0.05, 0) is 39.5 Å². The smallest absolute Gasteiger partial charge is 0.316 e. The van der Waals surface area contributed by atoms with Crippen molar-refractivity contribution < 1.29 is 30.7 Å². The molecule has 1 saturated heterocycles. The summed E-state index contributed by atoms with van der Waals surface area (Å²) in [6, 6.07) is 0.0498. The van der Waals surface area contributed by atoms with Crippen LogP contribution in [0.4, 0.5) is 23.2 Å². The minimum atomic E-state index is -3.46. The number of rotatable bonds is 6. The van der Waals surface area contributed by atoms with Gasteiger partial charge in [0, 0.05) is 32.2 Å². The Morgan fingerprint density at radius 3 is 2.11 bits per heavy atom. The second-order valence-electron chi connectivity index (χ2n) is 8.90. The number of sulfonamides is 1. The van der Waals surface area contributed by atoms with Crippen LogP contribution < -0.4 is 15.2 Å². The average Bonchev–Trinajstić information content (AvgIpc) is 3.33. The molecule has 1 aliphatic carbocycles. The molecule has 192 valence electrons. The van der Waals surface area contributed by atoms with Gasteiger partial charge in [0.25, 0.3) is 0 Å². The van der Waals surface area contributed by atoms with Gasteiger partial charge in [0.05, 0.1) is 17.6 Å². The molecule has 2 aromatic rings. The van der Waals surface area contributed by atoms with Gasteiger partial charge in [-0.1, -0.05) is 0 Å². The van der Waals surface area contributed by atoms with Crippen molar-refractivity contribution in [3.8, 4) is 11.4 Å². The van der Waals surface area contributed by atoms with E-state index in [2.05, 4.69) is 5.10 Å². The third kappa shape index (κ3) is 4.75. The van der Waals surface area contributed by atoms with E-state index in [-0.39, 0.29) is 54.5 Å². The van der Waals surface area contributed by atoms with Crippen LogP contribution in [0.3, 0.4) is 0 Å². The molecule has 35 heavy (non-hydrogen) atoms. The lowest BCUT2D eigenvalue weighted by atomic mass is 10.2. The van der Waals surface area contributed by atoms with Crippen LogP contribution in [0.2, 0.25) is 0 Å². The molecule has 13 heteroatoms. The minimum Gasteiger partial charge on any atom is -0.483 e. The number of hydrogen-bond donors (Lipinski definition) is 0. The molecule has 8 nitrogen and oxygen atoms in total. The van der Waals surface area contributed by atoms with E-state index in [0.717, 1.165) is 19.0 Å². The minimum absolute atomic E-state index is 0.0498. The number of hydrogen-bond acceptors (Lipinski definition) is 6. The second-order valence-corrected chi connectivity index (χ2v) is 11.4. The van der Waals surface area contributed by atoms with Crippen molar-refractivity contribution in [2.45, 2.75) is 50.9 Å². The molecule has 0 N–H and O–H groups in total. The van der Waals surface area contributed by atoms with Crippen LogP contribution in [-0.2, 0) is 10.0 Å². The maximum absolute atomic E-state index is 14.4. The molecule has 2 fully saturated rings. The third-order valence-electron chi connectivity index (χ3n) is 6.34. The fourth-order valence-electron chi connectivity index (χ4n) is 4.33. The fraction of sp³-hybridized carbons (Fsp3) is 0.545. The number of benzene rings is 1. The largest absolute Gasteiger partial charge is 0.483 e. The molecule has 0 atom stereocenters. The van der Waals surface area contributed by atoms with E-state index < -0.39 is 49.8 Å². The van der Waals surface area contributed by atoms with Crippen molar-refractivity contribution in [1.29, 1.82) is 0 Å². The second kappa shape index (κ2) is 9.76. The number of piperazine rings is 1. The van der Waals surface area contributed by atoms with Crippen molar-refractivity contribution in [1.82, 2.24) is 14.1 Å². The molecule has 1 aromatic carbocycles. The summed E-state index contributed by atoms with van der Waals surface area (Å²) < 4.78 is 89.0. The Morgan fingerprint density at radius 1 is 1.00 bits per heavy atom. The Kier molecular flexibility index (Phi) is 7.09. The number of aromatic nitrogens is 2. The van der Waals surface area contributed by atoms with Gasteiger partial charge in [-0.2, -0.15) is 14.1 Å². The zero-order valence-electron chi connectivity index (χ0n) is 19.3. The summed E-state index contributed by atoms with van der Waals surface area (Å²) in [7, 11) is -3.46. The highest BCUT2D eigenvalue weighted by atomic mass is 32.2. The van der Waals surface area contributed by atoms with Gasteiger partial charge < -0.3 is 9.64 Å². The third-order valence-corrected chi connectivity index (χ3v) is 8.61. The van der Waals surface area contributed by atoms with Crippen molar-refractivity contribution in [3.63, 3.8) is 0 Å². The molecule has 2 aliphatic rings. The first-order valence-corrected chi connectivity index (χ1v) is 12.9. The summed E-state index contributed by atoms with van der Waals surface area (Å²) in [5, 5.41) is 3.21. The summed E-state index contributed by atoms with van der Waals surface area (Å²) in [4.78, 5) is 15.0. The maximum atomic E-state index is 14.4. The summed E-state index contributed by atoms with van der Waals surface area (Å²) in [5.41, 5.74) is -2.13. The van der Waals surface area contributed by atoms with E-state index in [1.807, 2.05) is 0 Å². The highest BCUT2D eigenvalue weighted by molar-refractivity contribution is 7.89. The van der Waals surface area contributed by atoms with Crippen LogP contribution in [0.15, 0.2) is 17.1 Å². The molecule has 0 spiro atoms. The number of nitrogens with zero attached hydrogens (tertiary/aromatic N) is 4. The zero-order valence-corrected chi connectivity index (χ0v) is 20.1. The molecule has 0 radical (unpaired) electrons. The molecule has 1 aliphatic heterocycles. The monoisotopic (exact) mass is 518 g/mol. The summed E-state index contributed by atoms with van der Waals surface area (Å²) in [5.74, 6) is -7.11. The first-order chi connectivity index (χ1) is 16.5. The molecule has 0 amide bonds. The molecule has 0 unspecified atom stereocenters. The maximum Gasteiger partial charge on any atom is 0.316 e. The molecule has 2 heterocycles. The Balaban J connectivity index is 1.74. The normalized spacial score (nSPS) is 18.0. The SMILES string of the molecule is CC(C)S(=O)(=O)N1CCN(c2cnn(-c3c(F)c(F)cc(F)c3F)c(=O)c2OC2CCCC2)CC1. The molecule has 1 saturated carbocycles. The van der Waals surface area contributed by atoms with Crippen molar-refractivity contribution >= 4 is 15.7 Å². The van der Waals surface area contributed by atoms with Crippen molar-refractivity contribution in [2.24, 2.45) is 0 Å². The van der Waals surface area contributed by atoms with E-state index >= 15 is 0 Å². The predicted octanol–water partition coefficient (Wildman–Crippen LogP) is 2.97. The lowest BCUT2D eigenvalue weighted by molar-refractivity contribution is 0.205. The Hall–Kier alpha value is -2.67. The topological polar surface area (TPSA) is 84.7 Å². The summed E-state index contributed by atoms with van der Waals surface area (Å²) in [6.07, 6.45) is 3.91. The van der Waals surface area contributed by atoms with Gasteiger partial charge in [0.15, 0.2) is 23.3 Å². The zero-order chi connectivity index (χ0) is 25.5. The standard InChI is InChI=1S/C22H26F4N4O4S/c1-13(2)35(32,33)29-9-7-28(8-10-29)17-12-27-30(20-18(25)15(23)11-16(24)19(20)26)22(31)21(17)34-14-5-3-4-6-14/h11-14H,3-10H2,1-2H3. The van der Waals surface area contributed by atoms with E-state index in [4.69, 9.17) is 4.74 Å². The average molecular weight is 519 g/mol. The van der Waals surface area contributed by atoms with E-state index in [1.165, 1.54) is 4.31 Å². The van der Waals surface area contributed by atoms with Crippen molar-refractivity contribution in [3.05, 3.63) is 45.9 Å². The lowest BCUT2D eigenvalue weighted by Gasteiger charge is -2.36. The van der Waals surface area contributed by atoms with Crippen LogP contribution in [0, 0.1) is 23.3 Å². The molecule has 0 bridgehead atoms. The van der Waals surface area contributed by atoms with Crippen molar-refractivity contribution in [2.75, 3.05) is 31.1 Å². The molecular formula is C22H26F4N4O4S. The highest BCUT2D eigenvalue weighted by Crippen LogP contribution is 2.31. The molecule has 1 aromatic heterocycles. The lowest BCUT2D eigenvalue weighted by Crippen LogP contribution is -2.50. The van der Waals surface area contributed by atoms with Gasteiger partial charge in [-0.3, -0.25) is 4.79 Å². The first kappa shape index (κ1) is 25.4.